The number of nitrogens with zero attached hydrogens (tertiary/aromatic N) is 1. The van der Waals surface area contributed by atoms with E-state index < -0.39 is 0 Å². The molecule has 1 heterocycles. The van der Waals surface area contributed by atoms with Gasteiger partial charge in [-0.1, -0.05) is 18.2 Å². The van der Waals surface area contributed by atoms with Crippen molar-refractivity contribution in [2.45, 2.75) is 6.92 Å². The Hall–Kier alpha value is -1.35. The fourth-order valence-electron chi connectivity index (χ4n) is 1.94. The second-order valence-corrected chi connectivity index (χ2v) is 3.97. The van der Waals surface area contributed by atoms with E-state index >= 15 is 0 Å². The number of carbonyl (C=O) groups excluding carboxylic acids is 1. The summed E-state index contributed by atoms with van der Waals surface area (Å²) in [7, 11) is 0. The van der Waals surface area contributed by atoms with Gasteiger partial charge in [0.1, 0.15) is 0 Å². The molecule has 3 nitrogen and oxygen atoms in total. The zero-order valence-electron chi connectivity index (χ0n) is 9.07. The summed E-state index contributed by atoms with van der Waals surface area (Å²) in [4.78, 5) is 14.1. The number of piperazine rings is 1. The highest BCUT2D eigenvalue weighted by Crippen LogP contribution is 2.10. The number of carbonyl (C=O) groups is 1. The number of nitrogens with two attached hydrogens (primary N) is 1. The molecule has 1 aliphatic heterocycles. The van der Waals surface area contributed by atoms with Gasteiger partial charge in [-0.15, -0.1) is 0 Å². The number of quaternary nitrogens is 1. The van der Waals surface area contributed by atoms with Crippen LogP contribution >= 0.6 is 0 Å². The Bertz CT molecular complexity index is 356. The summed E-state index contributed by atoms with van der Waals surface area (Å²) in [6.45, 7) is 5.78. The first-order valence-corrected chi connectivity index (χ1v) is 5.45. The Morgan fingerprint density at radius 3 is 2.60 bits per heavy atom. The van der Waals surface area contributed by atoms with Crippen molar-refractivity contribution in [1.29, 1.82) is 0 Å². The van der Waals surface area contributed by atoms with Gasteiger partial charge in [0.2, 0.25) is 0 Å². The second kappa shape index (κ2) is 4.45. The smallest absolute Gasteiger partial charge is 0.254 e. The third kappa shape index (κ3) is 2.18. The van der Waals surface area contributed by atoms with Crippen molar-refractivity contribution in [3.05, 3.63) is 35.4 Å². The molecule has 0 saturated carbocycles. The van der Waals surface area contributed by atoms with E-state index in [-0.39, 0.29) is 5.91 Å². The first kappa shape index (κ1) is 10.2. The summed E-state index contributed by atoms with van der Waals surface area (Å²) in [5.41, 5.74) is 1.91. The lowest BCUT2D eigenvalue weighted by Gasteiger charge is -2.25. The zero-order valence-corrected chi connectivity index (χ0v) is 9.07. The molecule has 1 aromatic carbocycles. The Labute approximate surface area is 90.1 Å². The molecule has 0 aliphatic carbocycles. The van der Waals surface area contributed by atoms with Gasteiger partial charge in [-0.2, -0.15) is 0 Å². The molecule has 0 radical (unpaired) electrons. The first-order chi connectivity index (χ1) is 7.29. The van der Waals surface area contributed by atoms with E-state index in [9.17, 15) is 4.79 Å². The largest absolute Gasteiger partial charge is 0.343 e. The third-order valence-corrected chi connectivity index (χ3v) is 2.87. The normalized spacial score (nSPS) is 16.5. The van der Waals surface area contributed by atoms with Crippen LogP contribution in [0.2, 0.25) is 0 Å². The van der Waals surface area contributed by atoms with Crippen molar-refractivity contribution in [3.8, 4) is 0 Å². The van der Waals surface area contributed by atoms with Crippen molar-refractivity contribution in [1.82, 2.24) is 4.90 Å². The Morgan fingerprint density at radius 1 is 1.27 bits per heavy atom. The number of hydrogen-bond donors (Lipinski definition) is 1. The molecule has 1 saturated heterocycles. The van der Waals surface area contributed by atoms with Gasteiger partial charge in [0.05, 0.1) is 26.2 Å². The standard InChI is InChI=1S/C12H16N2O/c1-10-4-2-3-5-11(10)12(15)14-8-6-13-7-9-14/h2-5,13H,6-9H2,1H3/p+1. The third-order valence-electron chi connectivity index (χ3n) is 2.87. The molecular formula is C12H17N2O+. The minimum absolute atomic E-state index is 0.182. The number of rotatable bonds is 1. The van der Waals surface area contributed by atoms with E-state index in [1.54, 1.807) is 0 Å². The number of aryl methyl sites for hydroxylation is 1. The van der Waals surface area contributed by atoms with E-state index in [1.165, 1.54) is 0 Å². The summed E-state index contributed by atoms with van der Waals surface area (Å²) in [5, 5.41) is 2.25. The Balaban J connectivity index is 2.16. The number of amides is 1. The minimum Gasteiger partial charge on any atom is -0.343 e. The number of hydrogen-bond acceptors (Lipinski definition) is 1. The van der Waals surface area contributed by atoms with Crippen LogP contribution in [0.5, 0.6) is 0 Å². The van der Waals surface area contributed by atoms with Crippen LogP contribution < -0.4 is 5.32 Å². The van der Waals surface area contributed by atoms with Crippen LogP contribution in [0.3, 0.4) is 0 Å². The lowest BCUT2D eigenvalue weighted by atomic mass is 10.1. The molecule has 0 spiro atoms. The topological polar surface area (TPSA) is 36.9 Å². The van der Waals surface area contributed by atoms with E-state index in [0.29, 0.717) is 0 Å². The Morgan fingerprint density at radius 2 is 1.93 bits per heavy atom. The first-order valence-electron chi connectivity index (χ1n) is 5.45. The molecule has 2 N–H and O–H groups in total. The second-order valence-electron chi connectivity index (χ2n) is 3.97. The minimum atomic E-state index is 0.182. The van der Waals surface area contributed by atoms with Gasteiger partial charge in [0, 0.05) is 5.56 Å². The fourth-order valence-corrected chi connectivity index (χ4v) is 1.94. The van der Waals surface area contributed by atoms with Gasteiger partial charge in [0.15, 0.2) is 0 Å². The molecule has 1 amide bonds. The molecule has 15 heavy (non-hydrogen) atoms. The summed E-state index contributed by atoms with van der Waals surface area (Å²) in [6, 6.07) is 7.80. The van der Waals surface area contributed by atoms with Crippen molar-refractivity contribution < 1.29 is 10.1 Å². The maximum Gasteiger partial charge on any atom is 0.254 e. The van der Waals surface area contributed by atoms with Crippen molar-refractivity contribution in [2.24, 2.45) is 0 Å². The van der Waals surface area contributed by atoms with E-state index in [2.05, 4.69) is 5.32 Å². The van der Waals surface area contributed by atoms with Crippen LogP contribution in [-0.4, -0.2) is 37.0 Å². The highest BCUT2D eigenvalue weighted by atomic mass is 16.2. The molecular weight excluding hydrogens is 188 g/mol. The van der Waals surface area contributed by atoms with Crippen LogP contribution in [0.15, 0.2) is 24.3 Å². The monoisotopic (exact) mass is 205 g/mol. The van der Waals surface area contributed by atoms with Crippen molar-refractivity contribution in [3.63, 3.8) is 0 Å². The average molecular weight is 205 g/mol. The lowest BCUT2D eigenvalue weighted by molar-refractivity contribution is -0.661. The molecule has 0 aromatic heterocycles. The van der Waals surface area contributed by atoms with E-state index in [0.717, 1.165) is 37.3 Å². The van der Waals surface area contributed by atoms with Crippen LogP contribution in [0.1, 0.15) is 15.9 Å². The highest BCUT2D eigenvalue weighted by Gasteiger charge is 2.20. The lowest BCUT2D eigenvalue weighted by Crippen LogP contribution is -2.89. The molecule has 0 unspecified atom stereocenters. The number of benzene rings is 1. The van der Waals surface area contributed by atoms with Gasteiger partial charge in [-0.3, -0.25) is 4.79 Å². The SMILES string of the molecule is Cc1ccccc1C(=O)N1CC[NH2+]CC1. The summed E-state index contributed by atoms with van der Waals surface area (Å²) in [5.74, 6) is 0.182. The molecule has 1 fully saturated rings. The fraction of sp³-hybridized carbons (Fsp3) is 0.417. The van der Waals surface area contributed by atoms with E-state index in [1.807, 2.05) is 36.1 Å². The predicted octanol–water partition coefficient (Wildman–Crippen LogP) is 0.0142. The predicted molar refractivity (Wildman–Crippen MR) is 58.7 cm³/mol. The van der Waals surface area contributed by atoms with Crippen molar-refractivity contribution >= 4 is 5.91 Å². The van der Waals surface area contributed by atoms with Gasteiger partial charge >= 0.3 is 0 Å². The summed E-state index contributed by atoms with van der Waals surface area (Å²) < 4.78 is 0. The maximum absolute atomic E-state index is 12.1. The zero-order chi connectivity index (χ0) is 10.7. The maximum atomic E-state index is 12.1. The molecule has 0 atom stereocenters. The van der Waals surface area contributed by atoms with E-state index in [4.69, 9.17) is 0 Å². The van der Waals surface area contributed by atoms with Gasteiger partial charge in [-0.25, -0.2) is 0 Å². The quantitative estimate of drug-likeness (QED) is 0.689. The van der Waals surface area contributed by atoms with Crippen LogP contribution in [0, 0.1) is 6.92 Å². The van der Waals surface area contributed by atoms with Gasteiger partial charge < -0.3 is 10.2 Å². The molecule has 0 bridgehead atoms. The molecule has 80 valence electrons. The van der Waals surface area contributed by atoms with Gasteiger partial charge in [0.25, 0.3) is 5.91 Å². The van der Waals surface area contributed by atoms with Crippen LogP contribution in [0.4, 0.5) is 0 Å². The Kier molecular flexibility index (Phi) is 3.02. The average Bonchev–Trinajstić information content (AvgIpc) is 2.30. The van der Waals surface area contributed by atoms with Crippen molar-refractivity contribution in [2.75, 3.05) is 26.2 Å². The summed E-state index contributed by atoms with van der Waals surface area (Å²) >= 11 is 0. The molecule has 1 aromatic rings. The van der Waals surface area contributed by atoms with Crippen LogP contribution in [-0.2, 0) is 0 Å². The van der Waals surface area contributed by atoms with Gasteiger partial charge in [-0.05, 0) is 18.6 Å². The summed E-state index contributed by atoms with van der Waals surface area (Å²) in [6.07, 6.45) is 0. The highest BCUT2D eigenvalue weighted by molar-refractivity contribution is 5.95. The van der Waals surface area contributed by atoms with Crippen LogP contribution in [0.25, 0.3) is 0 Å². The molecule has 2 rings (SSSR count). The molecule has 1 aliphatic rings. The molecule has 3 heteroatoms.